The van der Waals surface area contributed by atoms with Gasteiger partial charge in [0.05, 0.1) is 25.8 Å². The summed E-state index contributed by atoms with van der Waals surface area (Å²) in [7, 11) is 1.44. The highest BCUT2D eigenvalue weighted by atomic mass is 16.5. The number of amides is 1. The molecule has 2 aromatic rings. The fourth-order valence-electron chi connectivity index (χ4n) is 2.97. The number of aromatic nitrogens is 1. The van der Waals surface area contributed by atoms with E-state index < -0.39 is 5.60 Å². The van der Waals surface area contributed by atoms with Gasteiger partial charge in [0.15, 0.2) is 0 Å². The van der Waals surface area contributed by atoms with Crippen molar-refractivity contribution in [1.82, 2.24) is 9.88 Å². The molecule has 1 amide bonds. The summed E-state index contributed by atoms with van der Waals surface area (Å²) in [4.78, 5) is 28.5. The lowest BCUT2D eigenvalue weighted by Crippen LogP contribution is -2.50. The molecule has 0 aliphatic carbocycles. The molecule has 1 aliphatic rings. The third-order valence-electron chi connectivity index (χ3n) is 4.28. The van der Waals surface area contributed by atoms with Crippen molar-refractivity contribution in [2.45, 2.75) is 12.5 Å². The maximum Gasteiger partial charge on any atom is 0.259 e. The minimum Gasteiger partial charge on any atom is -0.496 e. The molecule has 126 valence electrons. The first-order valence-corrected chi connectivity index (χ1v) is 7.79. The molecule has 1 atom stereocenters. The van der Waals surface area contributed by atoms with Gasteiger partial charge in [-0.2, -0.15) is 0 Å². The number of carbonyl (C=O) groups excluding carboxylic acids is 1. The van der Waals surface area contributed by atoms with Crippen LogP contribution in [0.3, 0.4) is 0 Å². The van der Waals surface area contributed by atoms with Gasteiger partial charge in [-0.15, -0.1) is 0 Å². The minimum atomic E-state index is -0.565. The number of hydrogen-bond donors (Lipinski definition) is 1. The molecule has 6 heteroatoms. The number of benzene rings is 1. The predicted octanol–water partition coefficient (Wildman–Crippen LogP) is 1.77. The summed E-state index contributed by atoms with van der Waals surface area (Å²) in [5.74, 6) is 0.0882. The average Bonchev–Trinajstić information content (AvgIpc) is 2.62. The van der Waals surface area contributed by atoms with E-state index in [4.69, 9.17) is 9.47 Å². The number of aromatic amines is 1. The molecule has 0 radical (unpaired) electrons. The number of H-pyrrole nitrogens is 1. The van der Waals surface area contributed by atoms with Crippen LogP contribution in [0.5, 0.6) is 5.75 Å². The smallest absolute Gasteiger partial charge is 0.259 e. The number of nitrogens with zero attached hydrogens (tertiary/aromatic N) is 1. The molecule has 2 heterocycles. The van der Waals surface area contributed by atoms with Crippen LogP contribution in [-0.4, -0.2) is 42.6 Å². The Hall–Kier alpha value is -2.60. The van der Waals surface area contributed by atoms with Gasteiger partial charge in [-0.05, 0) is 12.5 Å². The fraction of sp³-hybridized carbons (Fsp3) is 0.333. The Morgan fingerprint density at radius 3 is 2.79 bits per heavy atom. The Balaban J connectivity index is 1.87. The zero-order chi connectivity index (χ0) is 17.2. The van der Waals surface area contributed by atoms with Crippen molar-refractivity contribution in [1.29, 1.82) is 0 Å². The zero-order valence-electron chi connectivity index (χ0n) is 13.7. The first-order chi connectivity index (χ1) is 11.5. The lowest BCUT2D eigenvalue weighted by molar-refractivity contribution is -0.0931. The highest BCUT2D eigenvalue weighted by molar-refractivity contribution is 5.96. The summed E-state index contributed by atoms with van der Waals surface area (Å²) >= 11 is 0. The first-order valence-electron chi connectivity index (χ1n) is 7.79. The molecule has 24 heavy (non-hydrogen) atoms. The molecular weight excluding hydrogens is 308 g/mol. The zero-order valence-corrected chi connectivity index (χ0v) is 13.7. The fourth-order valence-corrected chi connectivity index (χ4v) is 2.97. The van der Waals surface area contributed by atoms with Crippen molar-refractivity contribution < 1.29 is 14.3 Å². The number of pyridine rings is 1. The second kappa shape index (κ2) is 6.49. The van der Waals surface area contributed by atoms with E-state index in [1.54, 1.807) is 4.90 Å². The quantitative estimate of drug-likeness (QED) is 0.932. The van der Waals surface area contributed by atoms with E-state index in [1.165, 1.54) is 19.4 Å². The molecule has 1 unspecified atom stereocenters. The first kappa shape index (κ1) is 16.3. The van der Waals surface area contributed by atoms with Gasteiger partial charge in [0.25, 0.3) is 11.5 Å². The average molecular weight is 328 g/mol. The van der Waals surface area contributed by atoms with Crippen LogP contribution in [0.15, 0.2) is 47.4 Å². The second-order valence-corrected chi connectivity index (χ2v) is 5.95. The molecule has 1 N–H and O–H groups in total. The summed E-state index contributed by atoms with van der Waals surface area (Å²) in [6, 6.07) is 11.1. The summed E-state index contributed by atoms with van der Waals surface area (Å²) < 4.78 is 11.1. The van der Waals surface area contributed by atoms with Crippen molar-refractivity contribution in [2.24, 2.45) is 0 Å². The van der Waals surface area contributed by atoms with Gasteiger partial charge in [-0.25, -0.2) is 0 Å². The van der Waals surface area contributed by atoms with Crippen molar-refractivity contribution in [2.75, 3.05) is 26.8 Å². The molecule has 1 saturated heterocycles. The molecule has 1 aromatic heterocycles. The SMILES string of the molecule is COc1cc(=O)[nH]cc1C(=O)N1CCOC(C)(c2ccccc2)C1. The molecule has 3 rings (SSSR count). The number of hydrogen-bond acceptors (Lipinski definition) is 4. The van der Waals surface area contributed by atoms with Crippen LogP contribution < -0.4 is 10.3 Å². The Kier molecular flexibility index (Phi) is 4.40. The summed E-state index contributed by atoms with van der Waals surface area (Å²) in [5, 5.41) is 0. The van der Waals surface area contributed by atoms with Crippen molar-refractivity contribution >= 4 is 5.91 Å². The monoisotopic (exact) mass is 328 g/mol. The van der Waals surface area contributed by atoms with Gasteiger partial charge < -0.3 is 19.4 Å². The van der Waals surface area contributed by atoms with E-state index in [9.17, 15) is 9.59 Å². The van der Waals surface area contributed by atoms with E-state index >= 15 is 0 Å². The standard InChI is InChI=1S/C18H20N2O4/c1-18(13-6-4-3-5-7-13)12-20(8-9-24-18)17(22)14-11-19-16(21)10-15(14)23-2/h3-7,10-11H,8-9,12H2,1-2H3,(H,19,21). The Morgan fingerprint density at radius 2 is 2.08 bits per heavy atom. The van der Waals surface area contributed by atoms with Crippen molar-refractivity contribution in [3.63, 3.8) is 0 Å². The molecule has 0 bridgehead atoms. The molecular formula is C18H20N2O4. The normalized spacial score (nSPS) is 20.7. The number of ether oxygens (including phenoxy) is 2. The van der Waals surface area contributed by atoms with E-state index in [1.807, 2.05) is 37.3 Å². The lowest BCUT2D eigenvalue weighted by Gasteiger charge is -2.41. The van der Waals surface area contributed by atoms with Gasteiger partial charge >= 0.3 is 0 Å². The number of rotatable bonds is 3. The van der Waals surface area contributed by atoms with Crippen LogP contribution in [0.4, 0.5) is 0 Å². The van der Waals surface area contributed by atoms with Crippen LogP contribution >= 0.6 is 0 Å². The van der Waals surface area contributed by atoms with Gasteiger partial charge in [0.1, 0.15) is 11.4 Å². The van der Waals surface area contributed by atoms with E-state index in [0.29, 0.717) is 25.3 Å². The molecule has 1 fully saturated rings. The summed E-state index contributed by atoms with van der Waals surface area (Å²) in [6.45, 7) is 3.34. The topological polar surface area (TPSA) is 71.6 Å². The lowest BCUT2D eigenvalue weighted by atomic mass is 9.93. The summed E-state index contributed by atoms with van der Waals surface area (Å²) in [5.41, 5.74) is 0.495. The Labute approximate surface area is 140 Å². The summed E-state index contributed by atoms with van der Waals surface area (Å²) in [6.07, 6.45) is 1.40. The Morgan fingerprint density at radius 1 is 1.33 bits per heavy atom. The number of methoxy groups -OCH3 is 1. The van der Waals surface area contributed by atoms with Crippen LogP contribution in [0.2, 0.25) is 0 Å². The molecule has 0 saturated carbocycles. The molecule has 0 spiro atoms. The highest BCUT2D eigenvalue weighted by Gasteiger charge is 2.36. The number of nitrogens with one attached hydrogen (secondary N) is 1. The van der Waals surface area contributed by atoms with Crippen molar-refractivity contribution in [3.05, 3.63) is 64.1 Å². The van der Waals surface area contributed by atoms with E-state index in [0.717, 1.165) is 5.56 Å². The van der Waals surface area contributed by atoms with E-state index in [2.05, 4.69) is 4.98 Å². The maximum atomic E-state index is 12.9. The van der Waals surface area contributed by atoms with Gasteiger partial charge in [0, 0.05) is 18.8 Å². The Bertz CT molecular complexity index is 787. The van der Waals surface area contributed by atoms with Gasteiger partial charge in [-0.1, -0.05) is 30.3 Å². The third-order valence-corrected chi connectivity index (χ3v) is 4.28. The van der Waals surface area contributed by atoms with Gasteiger partial charge in [0.2, 0.25) is 0 Å². The minimum absolute atomic E-state index is 0.187. The number of morpholine rings is 1. The molecule has 1 aromatic carbocycles. The van der Waals surface area contributed by atoms with Crippen LogP contribution in [-0.2, 0) is 10.3 Å². The maximum absolute atomic E-state index is 12.9. The van der Waals surface area contributed by atoms with E-state index in [-0.39, 0.29) is 17.2 Å². The predicted molar refractivity (Wildman–Crippen MR) is 89.3 cm³/mol. The van der Waals surface area contributed by atoms with Crippen LogP contribution in [0.1, 0.15) is 22.8 Å². The second-order valence-electron chi connectivity index (χ2n) is 5.95. The van der Waals surface area contributed by atoms with Crippen LogP contribution in [0.25, 0.3) is 0 Å². The van der Waals surface area contributed by atoms with Crippen molar-refractivity contribution in [3.8, 4) is 5.75 Å². The van der Waals surface area contributed by atoms with Crippen LogP contribution in [0, 0.1) is 0 Å². The largest absolute Gasteiger partial charge is 0.496 e. The van der Waals surface area contributed by atoms with Gasteiger partial charge in [-0.3, -0.25) is 9.59 Å². The molecule has 1 aliphatic heterocycles. The highest BCUT2D eigenvalue weighted by Crippen LogP contribution is 2.30. The number of carbonyl (C=O) groups is 1. The molecule has 6 nitrogen and oxygen atoms in total. The third kappa shape index (κ3) is 3.05.